The summed E-state index contributed by atoms with van der Waals surface area (Å²) >= 11 is 0. The third-order valence-corrected chi connectivity index (χ3v) is 11.8. The summed E-state index contributed by atoms with van der Waals surface area (Å²) < 4.78 is 0. The van der Waals surface area contributed by atoms with Gasteiger partial charge in [-0.05, 0) is 138 Å². The summed E-state index contributed by atoms with van der Waals surface area (Å²) in [5, 5.41) is 5.18. The molecule has 10 rings (SSSR count). The fraction of sp³-hybridized carbons (Fsp3) is 0.120. The molecule has 1 heteroatoms. The molecule has 0 aromatic heterocycles. The van der Waals surface area contributed by atoms with Gasteiger partial charge in [-0.1, -0.05) is 131 Å². The lowest BCUT2D eigenvalue weighted by molar-refractivity contribution is 0.652. The summed E-state index contributed by atoms with van der Waals surface area (Å²) in [5.41, 5.74) is 16.8. The van der Waals surface area contributed by atoms with Gasteiger partial charge in [0, 0.05) is 27.9 Å². The van der Waals surface area contributed by atoms with E-state index in [0.29, 0.717) is 0 Å². The maximum Gasteiger partial charge on any atom is 0.0465 e. The standard InChI is InChI=1S/C50H39N/c1-49(2)45-28-35(34-22-21-33-20-19-32-13-11-12-18-39(32)42(33)27-34)23-25-40(45)43-30-48-44(31-47(43)49)41-26-24-38(29-46(41)50(48,3)4)51(36-14-7-5-8-15-36)37-16-9-6-10-17-37/h5-31H,1-4H3. The molecule has 0 spiro atoms. The van der Waals surface area contributed by atoms with E-state index in [0.717, 1.165) is 11.4 Å². The third-order valence-electron chi connectivity index (χ3n) is 11.8. The Hall–Kier alpha value is -5.92. The average molecular weight is 654 g/mol. The molecule has 0 saturated carbocycles. The number of anilines is 3. The molecule has 8 aromatic rings. The molecule has 2 aliphatic carbocycles. The minimum absolute atomic E-state index is 0.122. The topological polar surface area (TPSA) is 3.24 Å². The number of nitrogens with zero attached hydrogens (tertiary/aromatic N) is 1. The van der Waals surface area contributed by atoms with E-state index < -0.39 is 0 Å². The highest BCUT2D eigenvalue weighted by Gasteiger charge is 2.42. The lowest BCUT2D eigenvalue weighted by atomic mass is 9.79. The summed E-state index contributed by atoms with van der Waals surface area (Å²) in [6, 6.07) is 60.8. The van der Waals surface area contributed by atoms with Crippen LogP contribution in [0.1, 0.15) is 49.9 Å². The molecule has 0 atom stereocenters. The Kier molecular flexibility index (Phi) is 6.34. The van der Waals surface area contributed by atoms with Crippen molar-refractivity contribution >= 4 is 38.6 Å². The molecule has 0 unspecified atom stereocenters. The molecule has 0 N–H and O–H groups in total. The second-order valence-electron chi connectivity index (χ2n) is 15.4. The minimum atomic E-state index is -0.143. The van der Waals surface area contributed by atoms with Crippen molar-refractivity contribution in [1.29, 1.82) is 0 Å². The largest absolute Gasteiger partial charge is 0.310 e. The maximum atomic E-state index is 2.52. The molecule has 0 aliphatic heterocycles. The van der Waals surface area contributed by atoms with Gasteiger partial charge in [-0.2, -0.15) is 0 Å². The van der Waals surface area contributed by atoms with Gasteiger partial charge in [-0.3, -0.25) is 0 Å². The monoisotopic (exact) mass is 653 g/mol. The van der Waals surface area contributed by atoms with E-state index in [2.05, 4.69) is 196 Å². The molecule has 0 radical (unpaired) electrons. The Labute approximate surface area is 300 Å². The molecule has 0 fully saturated rings. The van der Waals surface area contributed by atoms with Crippen LogP contribution < -0.4 is 4.90 Å². The zero-order valence-corrected chi connectivity index (χ0v) is 29.5. The van der Waals surface area contributed by atoms with Crippen molar-refractivity contribution in [2.75, 3.05) is 4.90 Å². The number of para-hydroxylation sites is 2. The fourth-order valence-electron chi connectivity index (χ4n) is 9.05. The number of hydrogen-bond donors (Lipinski definition) is 0. The van der Waals surface area contributed by atoms with E-state index in [1.54, 1.807) is 0 Å². The van der Waals surface area contributed by atoms with Gasteiger partial charge in [-0.15, -0.1) is 0 Å². The lowest BCUT2D eigenvalue weighted by Gasteiger charge is -2.28. The molecule has 0 saturated heterocycles. The van der Waals surface area contributed by atoms with Gasteiger partial charge in [0.1, 0.15) is 0 Å². The van der Waals surface area contributed by atoms with Crippen LogP contribution in [0.2, 0.25) is 0 Å². The molecule has 51 heavy (non-hydrogen) atoms. The van der Waals surface area contributed by atoms with Crippen LogP contribution in [-0.4, -0.2) is 0 Å². The quantitative estimate of drug-likeness (QED) is 0.171. The number of fused-ring (bicyclic) bond motifs is 9. The maximum absolute atomic E-state index is 2.52. The zero-order valence-electron chi connectivity index (χ0n) is 29.5. The highest BCUT2D eigenvalue weighted by molar-refractivity contribution is 6.08. The zero-order chi connectivity index (χ0) is 34.5. The van der Waals surface area contributed by atoms with Crippen LogP contribution in [0.5, 0.6) is 0 Å². The first-order chi connectivity index (χ1) is 24.8. The van der Waals surface area contributed by atoms with Crippen LogP contribution >= 0.6 is 0 Å². The van der Waals surface area contributed by atoms with Gasteiger partial charge in [0.05, 0.1) is 0 Å². The van der Waals surface area contributed by atoms with Crippen LogP contribution in [0, 0.1) is 0 Å². The smallest absolute Gasteiger partial charge is 0.0465 e. The molecule has 0 bridgehead atoms. The Morgan fingerprint density at radius 3 is 1.45 bits per heavy atom. The summed E-state index contributed by atoms with van der Waals surface area (Å²) in [6.45, 7) is 9.61. The Morgan fingerprint density at radius 2 is 0.804 bits per heavy atom. The van der Waals surface area contributed by atoms with E-state index in [1.807, 2.05) is 0 Å². The van der Waals surface area contributed by atoms with Crippen molar-refractivity contribution < 1.29 is 0 Å². The summed E-state index contributed by atoms with van der Waals surface area (Å²) in [7, 11) is 0. The normalized spacial score (nSPS) is 14.6. The number of rotatable bonds is 4. The minimum Gasteiger partial charge on any atom is -0.310 e. The predicted molar refractivity (Wildman–Crippen MR) is 217 cm³/mol. The molecule has 8 aromatic carbocycles. The van der Waals surface area contributed by atoms with Crippen molar-refractivity contribution in [3.8, 4) is 33.4 Å². The van der Waals surface area contributed by atoms with E-state index >= 15 is 0 Å². The second kappa shape index (κ2) is 10.8. The number of hydrogen-bond acceptors (Lipinski definition) is 1. The van der Waals surface area contributed by atoms with E-state index in [4.69, 9.17) is 0 Å². The van der Waals surface area contributed by atoms with Gasteiger partial charge < -0.3 is 4.90 Å². The van der Waals surface area contributed by atoms with Gasteiger partial charge in [-0.25, -0.2) is 0 Å². The summed E-state index contributed by atoms with van der Waals surface area (Å²) in [5.74, 6) is 0. The summed E-state index contributed by atoms with van der Waals surface area (Å²) in [4.78, 5) is 2.37. The van der Waals surface area contributed by atoms with E-state index in [1.165, 1.54) is 82.9 Å². The van der Waals surface area contributed by atoms with Crippen LogP contribution in [0.25, 0.3) is 54.9 Å². The molecule has 0 heterocycles. The van der Waals surface area contributed by atoms with Gasteiger partial charge in [0.25, 0.3) is 0 Å². The van der Waals surface area contributed by atoms with Crippen LogP contribution in [0.3, 0.4) is 0 Å². The molecule has 2 aliphatic rings. The Bertz CT molecular complexity index is 2640. The number of benzene rings is 8. The third kappa shape index (κ3) is 4.41. The fourth-order valence-corrected chi connectivity index (χ4v) is 9.05. The molecule has 244 valence electrons. The summed E-state index contributed by atoms with van der Waals surface area (Å²) in [6.07, 6.45) is 0. The van der Waals surface area contributed by atoms with Crippen molar-refractivity contribution in [2.45, 2.75) is 38.5 Å². The van der Waals surface area contributed by atoms with Gasteiger partial charge in [0.15, 0.2) is 0 Å². The van der Waals surface area contributed by atoms with E-state index in [9.17, 15) is 0 Å². The van der Waals surface area contributed by atoms with E-state index in [-0.39, 0.29) is 10.8 Å². The van der Waals surface area contributed by atoms with Crippen molar-refractivity contribution in [3.05, 3.63) is 186 Å². The van der Waals surface area contributed by atoms with Crippen LogP contribution in [0.4, 0.5) is 17.1 Å². The SMILES string of the molecule is CC1(C)c2cc(-c3ccc4ccc5ccccc5c4c3)ccc2-c2cc3c(cc21)-c1ccc(N(c2ccccc2)c2ccccc2)cc1C3(C)C. The predicted octanol–water partition coefficient (Wildman–Crippen LogP) is 13.7. The van der Waals surface area contributed by atoms with Crippen molar-refractivity contribution in [2.24, 2.45) is 0 Å². The van der Waals surface area contributed by atoms with Crippen LogP contribution in [-0.2, 0) is 10.8 Å². The molecular formula is C50H39N. The van der Waals surface area contributed by atoms with Gasteiger partial charge in [0.2, 0.25) is 0 Å². The first kappa shape index (κ1) is 29.9. The van der Waals surface area contributed by atoms with Crippen molar-refractivity contribution in [1.82, 2.24) is 0 Å². The van der Waals surface area contributed by atoms with Crippen LogP contribution in [0.15, 0.2) is 164 Å². The lowest BCUT2D eigenvalue weighted by Crippen LogP contribution is -2.17. The molecule has 0 amide bonds. The average Bonchev–Trinajstić information content (AvgIpc) is 3.53. The highest BCUT2D eigenvalue weighted by Crippen LogP contribution is 2.57. The Morgan fingerprint density at radius 1 is 0.333 bits per heavy atom. The van der Waals surface area contributed by atoms with Crippen molar-refractivity contribution in [3.63, 3.8) is 0 Å². The highest BCUT2D eigenvalue weighted by atomic mass is 15.1. The molecule has 1 nitrogen and oxygen atoms in total. The first-order valence-electron chi connectivity index (χ1n) is 18.1. The first-order valence-corrected chi connectivity index (χ1v) is 18.1. The molecular weight excluding hydrogens is 615 g/mol. The Balaban J connectivity index is 1.07. The second-order valence-corrected chi connectivity index (χ2v) is 15.4. The van der Waals surface area contributed by atoms with Gasteiger partial charge >= 0.3 is 0 Å².